The van der Waals surface area contributed by atoms with Gasteiger partial charge in [0.1, 0.15) is 11.5 Å². The maximum atomic E-state index is 15.0. The molecule has 0 radical (unpaired) electrons. The predicted octanol–water partition coefficient (Wildman–Crippen LogP) is 3.45. The molecule has 1 amide bonds. The minimum atomic E-state index is -0.810. The van der Waals surface area contributed by atoms with Crippen molar-refractivity contribution in [2.45, 2.75) is 38.1 Å². The van der Waals surface area contributed by atoms with Crippen molar-refractivity contribution in [3.05, 3.63) is 92.4 Å². The molecule has 1 aromatic rings. The second-order valence-corrected chi connectivity index (χ2v) is 10.2. The molecule has 0 aromatic carbocycles. The Labute approximate surface area is 228 Å². The molecule has 1 aromatic heterocycles. The number of nitrogens with one attached hydrogen (secondary N) is 2. The molecule has 2 N–H and O–H groups in total. The number of halogens is 2. The lowest BCUT2D eigenvalue weighted by molar-refractivity contribution is -0.129. The van der Waals surface area contributed by atoms with Crippen LogP contribution in [0.2, 0.25) is 0 Å². The highest BCUT2D eigenvalue weighted by Crippen LogP contribution is 2.46. The van der Waals surface area contributed by atoms with Crippen molar-refractivity contribution in [2.24, 2.45) is 5.11 Å². The minimum Gasteiger partial charge on any atom is -0.384 e. The van der Waals surface area contributed by atoms with E-state index in [4.69, 9.17) is 5.53 Å². The molecule has 4 aliphatic heterocycles. The lowest BCUT2D eigenvalue weighted by atomic mass is 9.85. The lowest BCUT2D eigenvalue weighted by Gasteiger charge is -2.35. The maximum Gasteiger partial charge on any atom is 0.227 e. The summed E-state index contributed by atoms with van der Waals surface area (Å²) in [4.78, 5) is 39.6. The highest BCUT2D eigenvalue weighted by molar-refractivity contribution is 6.13. The van der Waals surface area contributed by atoms with E-state index < -0.39 is 17.7 Å². The molecule has 0 fully saturated rings. The third-order valence-corrected chi connectivity index (χ3v) is 7.76. The molecule has 0 saturated carbocycles. The summed E-state index contributed by atoms with van der Waals surface area (Å²) in [5, 5.41) is 10.2. The van der Waals surface area contributed by atoms with Crippen LogP contribution in [0, 0.1) is 11.6 Å². The Kier molecular flexibility index (Phi) is 6.51. The largest absolute Gasteiger partial charge is 0.384 e. The average Bonchev–Trinajstić information content (AvgIpc) is 3.24. The van der Waals surface area contributed by atoms with Crippen LogP contribution >= 0.6 is 0 Å². The number of allylic oxidation sites excluding steroid dienone is 3. The summed E-state index contributed by atoms with van der Waals surface area (Å²) in [5.74, 6) is -1.95. The number of aromatic nitrogens is 1. The monoisotopic (exact) mass is 547 g/mol. The van der Waals surface area contributed by atoms with Gasteiger partial charge in [-0.05, 0) is 30.4 Å². The number of carbonyl (C=O) groups is 2. The first-order valence-corrected chi connectivity index (χ1v) is 13.2. The first-order chi connectivity index (χ1) is 19.4. The van der Waals surface area contributed by atoms with Gasteiger partial charge in [-0.2, -0.15) is 0 Å². The number of rotatable bonds is 6. The number of Topliss-reactive ketones (excluding diaryl/α,β-unsaturated/α-hetero) is 1. The number of likely N-dealkylation sites (N-methyl/N-ethyl adjacent to an activating group) is 1. The van der Waals surface area contributed by atoms with Crippen molar-refractivity contribution >= 4 is 17.5 Å². The van der Waals surface area contributed by atoms with Crippen molar-refractivity contribution in [2.75, 3.05) is 31.6 Å². The van der Waals surface area contributed by atoms with E-state index in [9.17, 15) is 18.4 Å². The zero-order valence-electron chi connectivity index (χ0n) is 21.8. The summed E-state index contributed by atoms with van der Waals surface area (Å²) in [6, 6.07) is 0.382. The SMILES string of the molecule is CN1C=CNC2=C1C(=O)C1=C(C2)CN(C(=O)CCCCN=[N+]=[N-])C2=CN(c3ncc(F)cc3F)C3CCNC1=C23. The lowest BCUT2D eigenvalue weighted by Crippen LogP contribution is -2.41. The zero-order chi connectivity index (χ0) is 28.0. The Morgan fingerprint density at radius 1 is 1.32 bits per heavy atom. The number of ketones is 1. The van der Waals surface area contributed by atoms with E-state index >= 15 is 0 Å². The van der Waals surface area contributed by atoms with Crippen LogP contribution in [-0.4, -0.2) is 59.2 Å². The zero-order valence-corrected chi connectivity index (χ0v) is 21.8. The summed E-state index contributed by atoms with van der Waals surface area (Å²) < 4.78 is 28.7. The molecule has 5 aliphatic rings. The quantitative estimate of drug-likeness (QED) is 0.242. The van der Waals surface area contributed by atoms with Crippen LogP contribution < -0.4 is 15.5 Å². The Bertz CT molecular complexity index is 1520. The number of amides is 1. The molecule has 1 unspecified atom stereocenters. The van der Waals surface area contributed by atoms with Gasteiger partial charge in [0, 0.05) is 85.9 Å². The molecule has 1 atom stereocenters. The molecule has 13 heteroatoms. The Balaban J connectivity index is 1.45. The van der Waals surface area contributed by atoms with Gasteiger partial charge >= 0.3 is 0 Å². The molecule has 206 valence electrons. The van der Waals surface area contributed by atoms with E-state index in [1.165, 1.54) is 0 Å². The van der Waals surface area contributed by atoms with E-state index in [0.717, 1.165) is 29.1 Å². The van der Waals surface area contributed by atoms with Gasteiger partial charge in [-0.3, -0.25) is 9.59 Å². The number of pyridine rings is 1. The standard InChI is InChI=1S/C27H27F2N9O2/c1-36-9-8-31-18-10-15-13-37(21(39)4-2-3-6-34-35-30)20-14-38(27-17(29)11-16(28)12-33-27)19-5-7-32-24(23(19)20)22(15)26(40)25(18)36/h8-9,11-12,14,19,31-32H,2-7,10,13H2,1H3. The van der Waals surface area contributed by atoms with Crippen molar-refractivity contribution in [1.29, 1.82) is 0 Å². The van der Waals surface area contributed by atoms with E-state index in [1.807, 2.05) is 7.05 Å². The van der Waals surface area contributed by atoms with Gasteiger partial charge in [0.2, 0.25) is 11.7 Å². The first-order valence-electron chi connectivity index (χ1n) is 13.2. The number of unbranched alkanes of at least 4 members (excludes halogenated alkanes) is 1. The van der Waals surface area contributed by atoms with Crippen LogP contribution in [0.3, 0.4) is 0 Å². The van der Waals surface area contributed by atoms with Crippen LogP contribution in [0.1, 0.15) is 32.1 Å². The molecule has 0 bridgehead atoms. The summed E-state index contributed by atoms with van der Waals surface area (Å²) in [5.41, 5.74) is 13.1. The molecule has 0 saturated heterocycles. The number of fused-ring (bicyclic) bond motifs is 1. The normalized spacial score (nSPS) is 21.3. The van der Waals surface area contributed by atoms with Gasteiger partial charge in [-0.15, -0.1) is 0 Å². The topological polar surface area (TPSA) is 130 Å². The molecular weight excluding hydrogens is 520 g/mol. The van der Waals surface area contributed by atoms with Crippen molar-refractivity contribution in [3.8, 4) is 0 Å². The number of hydrogen-bond acceptors (Lipinski definition) is 8. The first kappa shape index (κ1) is 25.6. The number of hydrogen-bond donors (Lipinski definition) is 2. The van der Waals surface area contributed by atoms with Crippen molar-refractivity contribution in [1.82, 2.24) is 25.4 Å². The Hall–Kier alpha value is -4.64. The van der Waals surface area contributed by atoms with Crippen molar-refractivity contribution in [3.63, 3.8) is 0 Å². The van der Waals surface area contributed by atoms with Gasteiger partial charge in [-0.25, -0.2) is 13.8 Å². The molecule has 0 spiro atoms. The number of azide groups is 1. The van der Waals surface area contributed by atoms with Crippen LogP contribution in [0.5, 0.6) is 0 Å². The van der Waals surface area contributed by atoms with Gasteiger partial charge in [-0.1, -0.05) is 5.11 Å². The van der Waals surface area contributed by atoms with Crippen LogP contribution in [0.25, 0.3) is 10.4 Å². The molecule has 11 nitrogen and oxygen atoms in total. The second-order valence-electron chi connectivity index (χ2n) is 10.2. The second kappa shape index (κ2) is 10.2. The summed E-state index contributed by atoms with van der Waals surface area (Å²) >= 11 is 0. The van der Waals surface area contributed by atoms with Gasteiger partial charge in [0.25, 0.3) is 0 Å². The number of nitrogens with zero attached hydrogens (tertiary/aromatic N) is 7. The Morgan fingerprint density at radius 2 is 2.17 bits per heavy atom. The van der Waals surface area contributed by atoms with Crippen molar-refractivity contribution < 1.29 is 18.4 Å². The minimum absolute atomic E-state index is 0.0435. The third kappa shape index (κ3) is 4.19. The average molecular weight is 548 g/mol. The predicted molar refractivity (Wildman–Crippen MR) is 141 cm³/mol. The van der Waals surface area contributed by atoms with E-state index in [2.05, 4.69) is 25.6 Å². The van der Waals surface area contributed by atoms with E-state index in [-0.39, 0.29) is 30.5 Å². The van der Waals surface area contributed by atoms with Crippen LogP contribution in [-0.2, 0) is 9.59 Å². The fraction of sp³-hybridized carbons (Fsp3) is 0.370. The van der Waals surface area contributed by atoms with Gasteiger partial charge in [0.05, 0.1) is 23.6 Å². The summed E-state index contributed by atoms with van der Waals surface area (Å²) in [6.45, 7) is 0.994. The fourth-order valence-corrected chi connectivity index (χ4v) is 6.03. The fourth-order valence-electron chi connectivity index (χ4n) is 6.03. The summed E-state index contributed by atoms with van der Waals surface area (Å²) in [6.07, 6.45) is 8.51. The molecular formula is C27H27F2N9O2. The van der Waals surface area contributed by atoms with Crippen LogP contribution in [0.4, 0.5) is 14.6 Å². The van der Waals surface area contributed by atoms with Crippen LogP contribution in [0.15, 0.2) is 75.5 Å². The number of anilines is 1. The maximum absolute atomic E-state index is 15.0. The summed E-state index contributed by atoms with van der Waals surface area (Å²) in [7, 11) is 1.82. The highest BCUT2D eigenvalue weighted by atomic mass is 19.1. The Morgan fingerprint density at radius 3 is 2.98 bits per heavy atom. The highest BCUT2D eigenvalue weighted by Gasteiger charge is 2.46. The van der Waals surface area contributed by atoms with Gasteiger partial charge in [0.15, 0.2) is 11.6 Å². The molecule has 6 rings (SSSR count). The molecule has 1 aliphatic carbocycles. The third-order valence-electron chi connectivity index (χ3n) is 7.76. The molecule has 40 heavy (non-hydrogen) atoms. The van der Waals surface area contributed by atoms with Gasteiger partial charge < -0.3 is 25.3 Å². The smallest absolute Gasteiger partial charge is 0.227 e. The van der Waals surface area contributed by atoms with E-state index in [0.29, 0.717) is 61.4 Å². The number of carbonyl (C=O) groups excluding carboxylic acids is 2. The molecule has 5 heterocycles. The van der Waals surface area contributed by atoms with E-state index in [1.54, 1.807) is 33.3 Å².